The molecule has 3 N–H and O–H groups in total. The standard InChI is InChI=1S/C7H12N2O3/c8-3-1-2-7(12)9-6(4-10)5-11/h6,10-11H,1-2,4-5H2,(H,9,12). The Morgan fingerprint density at radius 3 is 2.50 bits per heavy atom. The number of carbonyl (C=O) groups excluding carboxylic acids is 1. The SMILES string of the molecule is N#CCCC(=O)NC(CO)CO. The molecule has 0 aromatic carbocycles. The Morgan fingerprint density at radius 1 is 1.50 bits per heavy atom. The maximum Gasteiger partial charge on any atom is 0.221 e. The lowest BCUT2D eigenvalue weighted by atomic mass is 10.3. The molecule has 12 heavy (non-hydrogen) atoms. The van der Waals surface area contributed by atoms with E-state index in [2.05, 4.69) is 5.32 Å². The van der Waals surface area contributed by atoms with Gasteiger partial charge in [-0.2, -0.15) is 5.26 Å². The number of carbonyl (C=O) groups is 1. The van der Waals surface area contributed by atoms with Crippen LogP contribution in [0.4, 0.5) is 0 Å². The van der Waals surface area contributed by atoms with Gasteiger partial charge in [-0.3, -0.25) is 4.79 Å². The van der Waals surface area contributed by atoms with Crippen LogP contribution in [0.5, 0.6) is 0 Å². The number of hydrogen-bond acceptors (Lipinski definition) is 4. The molecular formula is C7H12N2O3. The lowest BCUT2D eigenvalue weighted by Gasteiger charge is -2.11. The van der Waals surface area contributed by atoms with E-state index >= 15 is 0 Å². The van der Waals surface area contributed by atoms with Crippen LogP contribution in [0.15, 0.2) is 0 Å². The van der Waals surface area contributed by atoms with Crippen molar-refractivity contribution >= 4 is 5.91 Å². The number of nitrogens with zero attached hydrogens (tertiary/aromatic N) is 1. The lowest BCUT2D eigenvalue weighted by molar-refractivity contribution is -0.122. The summed E-state index contributed by atoms with van der Waals surface area (Å²) in [6.45, 7) is -0.594. The maximum absolute atomic E-state index is 10.8. The lowest BCUT2D eigenvalue weighted by Crippen LogP contribution is -2.39. The van der Waals surface area contributed by atoms with Crippen LogP contribution in [-0.2, 0) is 4.79 Å². The molecule has 0 aromatic rings. The first kappa shape index (κ1) is 10.9. The second kappa shape index (κ2) is 6.58. The Morgan fingerprint density at radius 2 is 2.08 bits per heavy atom. The van der Waals surface area contributed by atoms with E-state index < -0.39 is 6.04 Å². The van der Waals surface area contributed by atoms with Gasteiger partial charge in [-0.05, 0) is 0 Å². The predicted molar refractivity (Wildman–Crippen MR) is 40.9 cm³/mol. The molecule has 0 unspecified atom stereocenters. The fourth-order valence-electron chi connectivity index (χ4n) is 0.618. The van der Waals surface area contributed by atoms with Crippen LogP contribution in [0, 0.1) is 11.3 Å². The molecule has 0 radical (unpaired) electrons. The van der Waals surface area contributed by atoms with Crippen molar-refractivity contribution in [2.24, 2.45) is 0 Å². The van der Waals surface area contributed by atoms with E-state index in [0.717, 1.165) is 0 Å². The first-order chi connectivity index (χ1) is 5.74. The van der Waals surface area contributed by atoms with Crippen molar-refractivity contribution in [3.05, 3.63) is 0 Å². The largest absolute Gasteiger partial charge is 0.394 e. The summed E-state index contributed by atoms with van der Waals surface area (Å²) in [5.41, 5.74) is 0. The third-order valence-corrected chi connectivity index (χ3v) is 1.27. The van der Waals surface area contributed by atoms with Crippen molar-refractivity contribution in [2.45, 2.75) is 18.9 Å². The molecule has 0 aliphatic carbocycles. The molecule has 0 rings (SSSR count). The molecule has 0 heterocycles. The van der Waals surface area contributed by atoms with Gasteiger partial charge in [-0.1, -0.05) is 0 Å². The van der Waals surface area contributed by atoms with Crippen molar-refractivity contribution in [1.82, 2.24) is 5.32 Å². The van der Waals surface area contributed by atoms with Crippen LogP contribution >= 0.6 is 0 Å². The minimum absolute atomic E-state index is 0.104. The smallest absolute Gasteiger partial charge is 0.221 e. The average Bonchev–Trinajstić information content (AvgIpc) is 2.10. The van der Waals surface area contributed by atoms with Crippen molar-refractivity contribution in [3.8, 4) is 6.07 Å². The maximum atomic E-state index is 10.8. The molecule has 0 fully saturated rings. The Balaban J connectivity index is 3.60. The number of rotatable bonds is 5. The molecular weight excluding hydrogens is 160 g/mol. The molecule has 5 heteroatoms. The Kier molecular flexibility index (Phi) is 5.97. The second-order valence-corrected chi connectivity index (χ2v) is 2.29. The molecule has 0 spiro atoms. The van der Waals surface area contributed by atoms with Gasteiger partial charge in [0.05, 0.1) is 25.3 Å². The van der Waals surface area contributed by atoms with E-state index in [0.29, 0.717) is 0 Å². The minimum atomic E-state index is -0.615. The normalized spacial score (nSPS) is 9.50. The summed E-state index contributed by atoms with van der Waals surface area (Å²) < 4.78 is 0. The Hall–Kier alpha value is -1.12. The highest BCUT2D eigenvalue weighted by Gasteiger charge is 2.08. The summed E-state index contributed by atoms with van der Waals surface area (Å²) >= 11 is 0. The first-order valence-electron chi connectivity index (χ1n) is 3.62. The van der Waals surface area contributed by atoms with E-state index in [4.69, 9.17) is 15.5 Å². The fourth-order valence-corrected chi connectivity index (χ4v) is 0.618. The van der Waals surface area contributed by atoms with E-state index in [-0.39, 0.29) is 32.0 Å². The highest BCUT2D eigenvalue weighted by molar-refractivity contribution is 5.76. The van der Waals surface area contributed by atoms with Crippen molar-refractivity contribution in [3.63, 3.8) is 0 Å². The highest BCUT2D eigenvalue weighted by Crippen LogP contribution is 1.88. The zero-order chi connectivity index (χ0) is 9.40. The topological polar surface area (TPSA) is 93.4 Å². The number of nitriles is 1. The molecule has 0 bridgehead atoms. The van der Waals surface area contributed by atoms with Gasteiger partial charge in [0, 0.05) is 12.8 Å². The summed E-state index contributed by atoms with van der Waals surface area (Å²) in [6.07, 6.45) is 0.252. The molecule has 0 aromatic heterocycles. The van der Waals surface area contributed by atoms with Gasteiger partial charge in [0.1, 0.15) is 0 Å². The van der Waals surface area contributed by atoms with Crippen LogP contribution in [0.1, 0.15) is 12.8 Å². The number of nitrogens with one attached hydrogen (secondary N) is 1. The van der Waals surface area contributed by atoms with Gasteiger partial charge in [0.15, 0.2) is 0 Å². The quantitative estimate of drug-likeness (QED) is 0.483. The van der Waals surface area contributed by atoms with Crippen molar-refractivity contribution in [2.75, 3.05) is 13.2 Å². The van der Waals surface area contributed by atoms with Crippen LogP contribution in [-0.4, -0.2) is 35.4 Å². The molecule has 68 valence electrons. The number of aliphatic hydroxyl groups is 2. The summed E-state index contributed by atoms with van der Waals surface area (Å²) in [6, 6.07) is 1.21. The summed E-state index contributed by atoms with van der Waals surface area (Å²) in [4.78, 5) is 10.8. The third kappa shape index (κ3) is 4.66. The molecule has 0 atom stereocenters. The van der Waals surface area contributed by atoms with Crippen molar-refractivity contribution in [1.29, 1.82) is 5.26 Å². The third-order valence-electron chi connectivity index (χ3n) is 1.27. The summed E-state index contributed by atoms with van der Waals surface area (Å²) in [5.74, 6) is -0.329. The van der Waals surface area contributed by atoms with Crippen molar-refractivity contribution < 1.29 is 15.0 Å². The molecule has 0 aliphatic heterocycles. The van der Waals surface area contributed by atoms with Gasteiger partial charge in [0.2, 0.25) is 5.91 Å². The minimum Gasteiger partial charge on any atom is -0.394 e. The van der Waals surface area contributed by atoms with Crippen LogP contribution in [0.2, 0.25) is 0 Å². The zero-order valence-electron chi connectivity index (χ0n) is 6.66. The van der Waals surface area contributed by atoms with Gasteiger partial charge < -0.3 is 15.5 Å². The average molecular weight is 172 g/mol. The molecule has 0 saturated heterocycles. The monoisotopic (exact) mass is 172 g/mol. The first-order valence-corrected chi connectivity index (χ1v) is 3.62. The molecule has 0 aliphatic rings. The van der Waals surface area contributed by atoms with E-state index in [1.54, 1.807) is 0 Å². The van der Waals surface area contributed by atoms with Gasteiger partial charge in [-0.15, -0.1) is 0 Å². The number of amides is 1. The number of aliphatic hydroxyl groups excluding tert-OH is 2. The van der Waals surface area contributed by atoms with Crippen LogP contribution in [0.3, 0.4) is 0 Å². The van der Waals surface area contributed by atoms with Crippen LogP contribution < -0.4 is 5.32 Å². The second-order valence-electron chi connectivity index (χ2n) is 2.29. The highest BCUT2D eigenvalue weighted by atomic mass is 16.3. The van der Waals surface area contributed by atoms with Crippen LogP contribution in [0.25, 0.3) is 0 Å². The summed E-state index contributed by atoms with van der Waals surface area (Å²) in [5, 5.41) is 27.6. The Labute approximate surface area is 70.6 Å². The molecule has 0 saturated carbocycles. The van der Waals surface area contributed by atoms with Gasteiger partial charge in [0.25, 0.3) is 0 Å². The predicted octanol–water partition coefficient (Wildman–Crippen LogP) is -1.24. The number of hydrogen-bond donors (Lipinski definition) is 3. The van der Waals surface area contributed by atoms with E-state index in [1.807, 2.05) is 6.07 Å². The summed E-state index contributed by atoms with van der Waals surface area (Å²) in [7, 11) is 0. The fraction of sp³-hybridized carbons (Fsp3) is 0.714. The molecule has 1 amide bonds. The Bertz CT molecular complexity index is 172. The van der Waals surface area contributed by atoms with Gasteiger partial charge in [-0.25, -0.2) is 0 Å². The van der Waals surface area contributed by atoms with Gasteiger partial charge >= 0.3 is 0 Å². The molecule has 5 nitrogen and oxygen atoms in total. The van der Waals surface area contributed by atoms with E-state index in [9.17, 15) is 4.79 Å². The van der Waals surface area contributed by atoms with E-state index in [1.165, 1.54) is 0 Å². The zero-order valence-corrected chi connectivity index (χ0v) is 6.66.